The molecule has 0 aliphatic carbocycles. The molecule has 1 aliphatic heterocycles. The van der Waals surface area contributed by atoms with Crippen molar-refractivity contribution in [2.45, 2.75) is 19.3 Å². The first kappa shape index (κ1) is 18.6. The van der Waals surface area contributed by atoms with Crippen LogP contribution in [-0.4, -0.2) is 37.3 Å². The number of nitrogens with one attached hydrogen (secondary N) is 1. The predicted octanol–water partition coefficient (Wildman–Crippen LogP) is 2.57. The summed E-state index contributed by atoms with van der Waals surface area (Å²) in [7, 11) is 1.59. The highest BCUT2D eigenvalue weighted by molar-refractivity contribution is 5.85. The van der Waals surface area contributed by atoms with Crippen molar-refractivity contribution in [2.24, 2.45) is 5.92 Å². The van der Waals surface area contributed by atoms with E-state index in [0.717, 1.165) is 13.0 Å². The Bertz CT molecular complexity index is 505. The maximum absolute atomic E-state index is 12.4. The number of amides is 1. The predicted molar refractivity (Wildman–Crippen MR) is 77.8 cm³/mol. The zero-order chi connectivity index (χ0) is 15.5. The van der Waals surface area contributed by atoms with Crippen LogP contribution in [0.2, 0.25) is 0 Å². The second kappa shape index (κ2) is 7.69. The summed E-state index contributed by atoms with van der Waals surface area (Å²) < 4.78 is 41.0. The summed E-state index contributed by atoms with van der Waals surface area (Å²) >= 11 is 0. The number of hydrogen-bond donors (Lipinski definition) is 1. The standard InChI is InChI=1S/C14H17F3N2O2.ClH/c1-19(13(20)10-6-7-18-8-10)9-11-4-2-3-5-12(11)21-14(15,16)17;/h2-5,10,18H,6-9H2,1H3;1H. The minimum atomic E-state index is -4.74. The third-order valence-electron chi connectivity index (χ3n) is 3.39. The van der Waals surface area contributed by atoms with Crippen molar-refractivity contribution < 1.29 is 22.7 Å². The van der Waals surface area contributed by atoms with Crippen LogP contribution in [0.5, 0.6) is 5.75 Å². The van der Waals surface area contributed by atoms with Gasteiger partial charge in [0.05, 0.1) is 5.92 Å². The zero-order valence-corrected chi connectivity index (χ0v) is 12.8. The highest BCUT2D eigenvalue weighted by Crippen LogP contribution is 2.27. The maximum atomic E-state index is 12.4. The number of carbonyl (C=O) groups excluding carboxylic acids is 1. The van der Waals surface area contributed by atoms with Crippen LogP contribution in [0.1, 0.15) is 12.0 Å². The molecule has 0 bridgehead atoms. The minimum absolute atomic E-state index is 0. The van der Waals surface area contributed by atoms with E-state index in [0.29, 0.717) is 12.1 Å². The molecule has 0 spiro atoms. The summed E-state index contributed by atoms with van der Waals surface area (Å²) in [5, 5.41) is 3.09. The van der Waals surface area contributed by atoms with Gasteiger partial charge >= 0.3 is 6.36 Å². The van der Waals surface area contributed by atoms with E-state index in [4.69, 9.17) is 0 Å². The topological polar surface area (TPSA) is 41.6 Å². The molecule has 1 fully saturated rings. The molecule has 1 atom stereocenters. The normalized spacial score (nSPS) is 17.7. The number of rotatable bonds is 4. The molecule has 1 unspecified atom stereocenters. The van der Waals surface area contributed by atoms with Crippen LogP contribution < -0.4 is 10.1 Å². The van der Waals surface area contributed by atoms with Gasteiger partial charge < -0.3 is 15.0 Å². The van der Waals surface area contributed by atoms with Gasteiger partial charge in [-0.1, -0.05) is 18.2 Å². The molecule has 0 aromatic heterocycles. The fourth-order valence-electron chi connectivity index (χ4n) is 2.37. The molecule has 1 heterocycles. The van der Waals surface area contributed by atoms with E-state index in [1.54, 1.807) is 13.1 Å². The van der Waals surface area contributed by atoms with E-state index < -0.39 is 6.36 Å². The van der Waals surface area contributed by atoms with Crippen LogP contribution in [0.3, 0.4) is 0 Å². The molecule has 1 aliphatic rings. The van der Waals surface area contributed by atoms with Crippen LogP contribution in [-0.2, 0) is 11.3 Å². The Hall–Kier alpha value is -1.47. The fourth-order valence-corrected chi connectivity index (χ4v) is 2.37. The highest BCUT2D eigenvalue weighted by atomic mass is 35.5. The van der Waals surface area contributed by atoms with Crippen molar-refractivity contribution >= 4 is 18.3 Å². The molecular weight excluding hydrogens is 321 g/mol. The second-order valence-corrected chi connectivity index (χ2v) is 5.04. The molecule has 1 saturated heterocycles. The monoisotopic (exact) mass is 338 g/mol. The fraction of sp³-hybridized carbons (Fsp3) is 0.500. The number of ether oxygens (including phenoxy) is 1. The summed E-state index contributed by atoms with van der Waals surface area (Å²) in [6.45, 7) is 1.49. The lowest BCUT2D eigenvalue weighted by Crippen LogP contribution is -2.33. The summed E-state index contributed by atoms with van der Waals surface area (Å²) in [6, 6.07) is 5.86. The number of nitrogens with zero attached hydrogens (tertiary/aromatic N) is 1. The molecule has 1 aromatic carbocycles. The van der Waals surface area contributed by atoms with Gasteiger partial charge in [0.1, 0.15) is 5.75 Å². The largest absolute Gasteiger partial charge is 0.573 e. The molecule has 1 aromatic rings. The van der Waals surface area contributed by atoms with E-state index in [-0.39, 0.29) is 36.5 Å². The molecule has 0 radical (unpaired) electrons. The van der Waals surface area contributed by atoms with Crippen molar-refractivity contribution in [3.05, 3.63) is 29.8 Å². The van der Waals surface area contributed by atoms with Crippen molar-refractivity contribution in [1.82, 2.24) is 10.2 Å². The molecule has 8 heteroatoms. The Morgan fingerprint density at radius 2 is 2.09 bits per heavy atom. The number of halogens is 4. The summed E-state index contributed by atoms with van der Waals surface area (Å²) in [5.41, 5.74) is 0.330. The molecule has 1 amide bonds. The van der Waals surface area contributed by atoms with Crippen LogP contribution in [0, 0.1) is 5.92 Å². The Balaban J connectivity index is 0.00000242. The Kier molecular flexibility index (Phi) is 6.49. The van der Waals surface area contributed by atoms with Crippen LogP contribution in [0.4, 0.5) is 13.2 Å². The smallest absolute Gasteiger partial charge is 0.405 e. The van der Waals surface area contributed by atoms with Crippen LogP contribution >= 0.6 is 12.4 Å². The van der Waals surface area contributed by atoms with Gasteiger partial charge in [0.2, 0.25) is 5.91 Å². The number of benzene rings is 1. The van der Waals surface area contributed by atoms with Gasteiger partial charge in [0.15, 0.2) is 0 Å². The average Bonchev–Trinajstić information content (AvgIpc) is 2.92. The van der Waals surface area contributed by atoms with Gasteiger partial charge in [0, 0.05) is 25.7 Å². The lowest BCUT2D eigenvalue weighted by Gasteiger charge is -2.22. The maximum Gasteiger partial charge on any atom is 0.573 e. The van der Waals surface area contributed by atoms with Gasteiger partial charge in [0.25, 0.3) is 0 Å². The van der Waals surface area contributed by atoms with Crippen molar-refractivity contribution in [3.8, 4) is 5.75 Å². The van der Waals surface area contributed by atoms with Gasteiger partial charge in [-0.25, -0.2) is 0 Å². The zero-order valence-electron chi connectivity index (χ0n) is 12.0. The third-order valence-corrected chi connectivity index (χ3v) is 3.39. The molecule has 0 saturated carbocycles. The quantitative estimate of drug-likeness (QED) is 0.917. The summed E-state index contributed by atoms with van der Waals surface area (Å²) in [5.74, 6) is -0.443. The van der Waals surface area contributed by atoms with Crippen LogP contribution in [0.25, 0.3) is 0 Å². The van der Waals surface area contributed by atoms with E-state index in [1.165, 1.54) is 23.1 Å². The average molecular weight is 339 g/mol. The molecule has 22 heavy (non-hydrogen) atoms. The number of para-hydroxylation sites is 1. The second-order valence-electron chi connectivity index (χ2n) is 5.04. The summed E-state index contributed by atoms with van der Waals surface area (Å²) in [6.07, 6.45) is -3.99. The van der Waals surface area contributed by atoms with E-state index in [9.17, 15) is 18.0 Å². The third kappa shape index (κ3) is 5.06. The highest BCUT2D eigenvalue weighted by Gasteiger charge is 2.32. The molecule has 2 rings (SSSR count). The Morgan fingerprint density at radius 1 is 1.41 bits per heavy atom. The van der Waals surface area contributed by atoms with E-state index in [1.807, 2.05) is 0 Å². The minimum Gasteiger partial charge on any atom is -0.405 e. The van der Waals surface area contributed by atoms with Crippen molar-refractivity contribution in [2.75, 3.05) is 20.1 Å². The number of hydrogen-bond acceptors (Lipinski definition) is 3. The first-order valence-corrected chi connectivity index (χ1v) is 6.66. The molecule has 124 valence electrons. The molecular formula is C14H18ClF3N2O2. The van der Waals surface area contributed by atoms with Gasteiger partial charge in [-0.2, -0.15) is 0 Å². The van der Waals surface area contributed by atoms with Gasteiger partial charge in [-0.15, -0.1) is 25.6 Å². The SMILES string of the molecule is CN(Cc1ccccc1OC(F)(F)F)C(=O)C1CCNC1.Cl. The van der Waals surface area contributed by atoms with E-state index >= 15 is 0 Å². The molecule has 4 nitrogen and oxygen atoms in total. The number of alkyl halides is 3. The Morgan fingerprint density at radius 3 is 2.68 bits per heavy atom. The Labute approximate surface area is 133 Å². The molecule has 1 N–H and O–H groups in total. The van der Waals surface area contributed by atoms with Gasteiger partial charge in [-0.3, -0.25) is 4.79 Å². The first-order chi connectivity index (χ1) is 9.87. The van der Waals surface area contributed by atoms with Crippen molar-refractivity contribution in [3.63, 3.8) is 0 Å². The summed E-state index contributed by atoms with van der Waals surface area (Å²) in [4.78, 5) is 13.6. The van der Waals surface area contributed by atoms with Crippen LogP contribution in [0.15, 0.2) is 24.3 Å². The van der Waals surface area contributed by atoms with Gasteiger partial charge in [-0.05, 0) is 19.0 Å². The lowest BCUT2D eigenvalue weighted by molar-refractivity contribution is -0.275. The number of carbonyl (C=O) groups is 1. The first-order valence-electron chi connectivity index (χ1n) is 6.66. The lowest BCUT2D eigenvalue weighted by atomic mass is 10.1. The van der Waals surface area contributed by atoms with E-state index in [2.05, 4.69) is 10.1 Å². The van der Waals surface area contributed by atoms with Crippen molar-refractivity contribution in [1.29, 1.82) is 0 Å².